The van der Waals surface area contributed by atoms with E-state index < -0.39 is 17.6 Å². The molecule has 2 aliphatic heterocycles. The van der Waals surface area contributed by atoms with Crippen LogP contribution in [0.4, 0.5) is 18.9 Å². The Morgan fingerprint density at radius 2 is 1.86 bits per heavy atom. The van der Waals surface area contributed by atoms with Crippen LogP contribution in [0.2, 0.25) is 0 Å². The molecule has 12 heteroatoms. The molecule has 0 aliphatic carbocycles. The number of nitrogens with two attached hydrogens (primary N) is 1. The van der Waals surface area contributed by atoms with Crippen molar-refractivity contribution in [3.63, 3.8) is 0 Å². The van der Waals surface area contributed by atoms with Gasteiger partial charge >= 0.3 is 6.18 Å². The normalized spacial score (nSPS) is 18.7. The smallest absolute Gasteiger partial charge is 0.390 e. The number of nitrogens with one attached hydrogen (secondary N) is 1. The van der Waals surface area contributed by atoms with E-state index in [2.05, 4.69) is 25.3 Å². The van der Waals surface area contributed by atoms with Gasteiger partial charge in [0.25, 0.3) is 0 Å². The summed E-state index contributed by atoms with van der Waals surface area (Å²) >= 11 is 0. The van der Waals surface area contributed by atoms with E-state index in [-0.39, 0.29) is 12.5 Å². The minimum absolute atomic E-state index is 0.0914. The summed E-state index contributed by atoms with van der Waals surface area (Å²) in [5, 5.41) is 7.17. The number of amides is 1. The highest BCUT2D eigenvalue weighted by Gasteiger charge is 2.37. The Labute approximate surface area is 216 Å². The monoisotopic (exact) mass is 524 g/mol. The van der Waals surface area contributed by atoms with Crippen LogP contribution in [0.5, 0.6) is 0 Å². The molecule has 206 valence electrons. The molecular weight excluding hydrogens is 485 g/mol. The number of nitrogens with zero attached hydrogens (tertiary/aromatic N) is 6. The second kappa shape index (κ2) is 14.2. The fraction of sp³-hybridized carbons (Fsp3) is 0.680. The number of hydrogen-bond donors (Lipinski definition) is 2. The van der Waals surface area contributed by atoms with Crippen molar-refractivity contribution in [2.24, 2.45) is 15.7 Å². The SMILES string of the molecule is Cc1nn(CCCN2CCCC2)cc1NC=C(C(N=CN)=NCCCN1CCCCCC1=O)C(F)(F)F. The summed E-state index contributed by atoms with van der Waals surface area (Å²) in [7, 11) is 0. The third-order valence-electron chi connectivity index (χ3n) is 6.64. The van der Waals surface area contributed by atoms with Gasteiger partial charge in [-0.2, -0.15) is 18.3 Å². The van der Waals surface area contributed by atoms with Crippen molar-refractivity contribution in [1.82, 2.24) is 19.6 Å². The average Bonchev–Trinajstić information content (AvgIpc) is 3.43. The lowest BCUT2D eigenvalue weighted by molar-refractivity contribution is -0.130. The van der Waals surface area contributed by atoms with E-state index in [4.69, 9.17) is 5.73 Å². The van der Waals surface area contributed by atoms with Crippen LogP contribution in [0.25, 0.3) is 0 Å². The lowest BCUT2D eigenvalue weighted by Gasteiger charge is -2.19. The molecule has 2 saturated heterocycles. The van der Waals surface area contributed by atoms with Crippen LogP contribution >= 0.6 is 0 Å². The maximum Gasteiger partial charge on any atom is 0.421 e. The van der Waals surface area contributed by atoms with Crippen LogP contribution in [0.1, 0.15) is 57.1 Å². The number of aromatic nitrogens is 2. The van der Waals surface area contributed by atoms with Crippen molar-refractivity contribution < 1.29 is 18.0 Å². The number of carbonyl (C=O) groups excluding carboxylic acids is 1. The maximum atomic E-state index is 13.9. The molecule has 0 saturated carbocycles. The number of halogens is 3. The van der Waals surface area contributed by atoms with E-state index in [9.17, 15) is 18.0 Å². The molecule has 0 unspecified atom stereocenters. The summed E-state index contributed by atoms with van der Waals surface area (Å²) in [6.07, 6.45) is 5.89. The Hall–Kier alpha value is -2.89. The Bertz CT molecular complexity index is 964. The molecule has 3 N–H and O–H groups in total. The molecule has 0 aromatic carbocycles. The van der Waals surface area contributed by atoms with Gasteiger partial charge < -0.3 is 20.9 Å². The van der Waals surface area contributed by atoms with Crippen LogP contribution in [0.15, 0.2) is 28.0 Å². The second-order valence-corrected chi connectivity index (χ2v) is 9.52. The van der Waals surface area contributed by atoms with Crippen molar-refractivity contribution >= 4 is 23.8 Å². The molecule has 0 spiro atoms. The van der Waals surface area contributed by atoms with Crippen LogP contribution in [0.3, 0.4) is 0 Å². The lowest BCUT2D eigenvalue weighted by atomic mass is 10.2. The van der Waals surface area contributed by atoms with Crippen molar-refractivity contribution in [3.05, 3.63) is 23.7 Å². The molecule has 3 rings (SSSR count). The number of anilines is 1. The maximum absolute atomic E-state index is 13.9. The molecule has 9 nitrogen and oxygen atoms in total. The molecule has 2 aliphatic rings. The number of alkyl halides is 3. The Kier molecular flexibility index (Phi) is 11.0. The minimum atomic E-state index is -4.70. The van der Waals surface area contributed by atoms with Crippen LogP contribution in [-0.2, 0) is 11.3 Å². The highest BCUT2D eigenvalue weighted by molar-refractivity contribution is 6.03. The van der Waals surface area contributed by atoms with E-state index in [0.717, 1.165) is 57.9 Å². The zero-order valence-electron chi connectivity index (χ0n) is 21.6. The highest BCUT2D eigenvalue weighted by Crippen LogP contribution is 2.28. The summed E-state index contributed by atoms with van der Waals surface area (Å²) in [6.45, 7) is 6.92. The third-order valence-corrected chi connectivity index (χ3v) is 6.64. The van der Waals surface area contributed by atoms with Crippen molar-refractivity contribution in [2.75, 3.05) is 44.6 Å². The number of aryl methyl sites for hydroxylation is 2. The zero-order valence-corrected chi connectivity index (χ0v) is 21.6. The molecule has 0 atom stereocenters. The fourth-order valence-electron chi connectivity index (χ4n) is 4.65. The first kappa shape index (κ1) is 28.7. The summed E-state index contributed by atoms with van der Waals surface area (Å²) in [4.78, 5) is 24.1. The largest absolute Gasteiger partial charge is 0.421 e. The van der Waals surface area contributed by atoms with E-state index in [1.165, 1.54) is 12.8 Å². The van der Waals surface area contributed by atoms with E-state index in [1.807, 2.05) is 0 Å². The number of rotatable bonds is 11. The third kappa shape index (κ3) is 9.17. The van der Waals surface area contributed by atoms with Crippen LogP contribution in [-0.4, -0.2) is 83.1 Å². The van der Waals surface area contributed by atoms with Crippen molar-refractivity contribution in [3.8, 4) is 0 Å². The standard InChI is InChI=1S/C25H39F3N8O/c1-20-22(18-36(33-20)16-8-13-34-11-5-6-12-34)31-17-21(25(26,27)28)24(32-19-29)30-10-7-15-35-14-4-2-3-9-23(35)37/h17-19,31H,2-16H2,1H3,(H2,29,30,32). The molecule has 0 radical (unpaired) electrons. The predicted molar refractivity (Wildman–Crippen MR) is 140 cm³/mol. The van der Waals surface area contributed by atoms with E-state index in [0.29, 0.717) is 43.9 Å². The molecular formula is C25H39F3N8O. The fourth-order valence-corrected chi connectivity index (χ4v) is 4.65. The molecule has 1 aromatic heterocycles. The molecule has 1 amide bonds. The van der Waals surface area contributed by atoms with Gasteiger partial charge in [0.1, 0.15) is 5.57 Å². The van der Waals surface area contributed by atoms with Crippen LogP contribution < -0.4 is 11.1 Å². The van der Waals surface area contributed by atoms with Gasteiger partial charge in [0.05, 0.1) is 17.7 Å². The highest BCUT2D eigenvalue weighted by atomic mass is 19.4. The first-order chi connectivity index (χ1) is 17.8. The van der Waals surface area contributed by atoms with Gasteiger partial charge in [0, 0.05) is 45.0 Å². The van der Waals surface area contributed by atoms with Gasteiger partial charge in [-0.05, 0) is 65.1 Å². The first-order valence-corrected chi connectivity index (χ1v) is 13.1. The van der Waals surface area contributed by atoms with Gasteiger partial charge in [0.15, 0.2) is 5.84 Å². The first-order valence-electron chi connectivity index (χ1n) is 13.1. The van der Waals surface area contributed by atoms with Gasteiger partial charge in [-0.3, -0.25) is 14.5 Å². The number of aliphatic imine (C=N–C) groups is 2. The second-order valence-electron chi connectivity index (χ2n) is 9.52. The Morgan fingerprint density at radius 3 is 2.59 bits per heavy atom. The summed E-state index contributed by atoms with van der Waals surface area (Å²) in [5.41, 5.74) is 5.39. The zero-order chi connectivity index (χ0) is 26.7. The van der Waals surface area contributed by atoms with Gasteiger partial charge in [0.2, 0.25) is 5.91 Å². The average molecular weight is 525 g/mol. The van der Waals surface area contributed by atoms with E-state index in [1.54, 1.807) is 22.7 Å². The molecule has 1 aromatic rings. The summed E-state index contributed by atoms with van der Waals surface area (Å²) in [6, 6.07) is 0. The molecule has 3 heterocycles. The topological polar surface area (TPSA) is 104 Å². The number of hydrogen-bond acceptors (Lipinski definition) is 5. The Balaban J connectivity index is 1.62. The summed E-state index contributed by atoms with van der Waals surface area (Å²) in [5.74, 6) is -0.408. The van der Waals surface area contributed by atoms with Crippen LogP contribution in [0, 0.1) is 6.92 Å². The molecule has 0 bridgehead atoms. The molecule has 37 heavy (non-hydrogen) atoms. The lowest BCUT2D eigenvalue weighted by Crippen LogP contribution is -2.31. The minimum Gasteiger partial charge on any atom is -0.390 e. The number of likely N-dealkylation sites (tertiary alicyclic amines) is 2. The summed E-state index contributed by atoms with van der Waals surface area (Å²) < 4.78 is 43.5. The Morgan fingerprint density at radius 1 is 1.11 bits per heavy atom. The van der Waals surface area contributed by atoms with Crippen molar-refractivity contribution in [1.29, 1.82) is 0 Å². The quantitative estimate of drug-likeness (QED) is 0.261. The number of carbonyl (C=O) groups is 1. The van der Waals surface area contributed by atoms with Gasteiger partial charge in [-0.1, -0.05) is 6.42 Å². The van der Waals surface area contributed by atoms with E-state index >= 15 is 0 Å². The molecule has 2 fully saturated rings. The van der Waals surface area contributed by atoms with Gasteiger partial charge in [-0.15, -0.1) is 0 Å². The number of amidine groups is 1. The predicted octanol–water partition coefficient (Wildman–Crippen LogP) is 3.71. The van der Waals surface area contributed by atoms with Crippen molar-refractivity contribution in [2.45, 2.75) is 71.0 Å². The van der Waals surface area contributed by atoms with Gasteiger partial charge in [-0.25, -0.2) is 4.99 Å².